The summed E-state index contributed by atoms with van der Waals surface area (Å²) < 4.78 is 0. The summed E-state index contributed by atoms with van der Waals surface area (Å²) in [6, 6.07) is 14.3. The number of benzene rings is 2. The molecule has 2 N–H and O–H groups in total. The average molecular weight is 431 g/mol. The summed E-state index contributed by atoms with van der Waals surface area (Å²) in [7, 11) is 0. The predicted octanol–water partition coefficient (Wildman–Crippen LogP) is 2.82. The molecule has 2 atom stereocenters. The summed E-state index contributed by atoms with van der Waals surface area (Å²) in [5, 5.41) is 4.08. The van der Waals surface area contributed by atoms with E-state index in [4.69, 9.17) is 0 Å². The first-order valence-electron chi connectivity index (χ1n) is 11.1. The molecule has 0 aliphatic carbocycles. The van der Waals surface area contributed by atoms with E-state index in [0.29, 0.717) is 31.6 Å². The maximum absolute atomic E-state index is 13.3. The molecule has 1 saturated heterocycles. The van der Waals surface area contributed by atoms with Crippen LogP contribution in [0.2, 0.25) is 0 Å². The molecule has 7 nitrogen and oxygen atoms in total. The molecular formula is C25H26N4O3. The van der Waals surface area contributed by atoms with E-state index in [-0.39, 0.29) is 17.7 Å². The lowest BCUT2D eigenvalue weighted by Crippen LogP contribution is -2.52. The molecule has 1 aromatic heterocycles. The van der Waals surface area contributed by atoms with E-state index >= 15 is 0 Å². The second-order valence-corrected chi connectivity index (χ2v) is 8.53. The maximum Gasteiger partial charge on any atom is 0.255 e. The Morgan fingerprint density at radius 3 is 2.78 bits per heavy atom. The monoisotopic (exact) mass is 430 g/mol. The molecule has 1 fully saturated rings. The predicted molar refractivity (Wildman–Crippen MR) is 121 cm³/mol. The number of hydrogen-bond donors (Lipinski definition) is 2. The number of aromatic amines is 1. The highest BCUT2D eigenvalue weighted by Gasteiger charge is 2.40. The molecule has 0 radical (unpaired) electrons. The summed E-state index contributed by atoms with van der Waals surface area (Å²) >= 11 is 0. The molecule has 0 saturated carbocycles. The number of rotatable bonds is 5. The molecule has 164 valence electrons. The average Bonchev–Trinajstić information content (AvgIpc) is 3.54. The number of H-pyrrole nitrogens is 1. The summed E-state index contributed by atoms with van der Waals surface area (Å²) in [5.41, 5.74) is 3.63. The van der Waals surface area contributed by atoms with Crippen LogP contribution in [-0.2, 0) is 22.7 Å². The number of fused-ring (bicyclic) bond motifs is 2. The molecule has 7 heteroatoms. The first-order chi connectivity index (χ1) is 15.5. The Morgan fingerprint density at radius 2 is 1.94 bits per heavy atom. The van der Waals surface area contributed by atoms with E-state index in [1.807, 2.05) is 48.7 Å². The van der Waals surface area contributed by atoms with Crippen molar-refractivity contribution >= 4 is 28.6 Å². The Kier molecular flexibility index (Phi) is 5.17. The highest BCUT2D eigenvalue weighted by molar-refractivity contribution is 6.01. The maximum atomic E-state index is 13.3. The molecule has 3 heterocycles. The third kappa shape index (κ3) is 3.43. The number of amides is 3. The SMILES string of the molecule is C[C@@H](C(=O)N1CCC[C@H]1C(=O)NCc1c[nH]c2ccccc12)N1Cc2ccccc2C1=O. The van der Waals surface area contributed by atoms with Crippen LogP contribution in [0.1, 0.15) is 41.3 Å². The fourth-order valence-electron chi connectivity index (χ4n) is 4.84. The van der Waals surface area contributed by atoms with Gasteiger partial charge in [-0.15, -0.1) is 0 Å². The largest absolute Gasteiger partial charge is 0.361 e. The van der Waals surface area contributed by atoms with Gasteiger partial charge in [0.05, 0.1) is 0 Å². The van der Waals surface area contributed by atoms with Crippen LogP contribution in [0.4, 0.5) is 0 Å². The zero-order valence-electron chi connectivity index (χ0n) is 18.0. The lowest BCUT2D eigenvalue weighted by Gasteiger charge is -2.31. The van der Waals surface area contributed by atoms with Crippen molar-refractivity contribution in [2.24, 2.45) is 0 Å². The van der Waals surface area contributed by atoms with E-state index in [9.17, 15) is 14.4 Å². The van der Waals surface area contributed by atoms with E-state index in [2.05, 4.69) is 10.3 Å². The van der Waals surface area contributed by atoms with Gasteiger partial charge in [-0.25, -0.2) is 0 Å². The van der Waals surface area contributed by atoms with Crippen LogP contribution < -0.4 is 5.32 Å². The molecule has 0 spiro atoms. The molecule has 0 unspecified atom stereocenters. The van der Waals surface area contributed by atoms with Crippen LogP contribution in [0.15, 0.2) is 54.7 Å². The minimum atomic E-state index is -0.614. The minimum Gasteiger partial charge on any atom is -0.361 e. The van der Waals surface area contributed by atoms with Crippen LogP contribution in [-0.4, -0.2) is 51.1 Å². The van der Waals surface area contributed by atoms with Crippen molar-refractivity contribution in [3.8, 4) is 0 Å². The molecule has 5 rings (SSSR count). The fourth-order valence-corrected chi connectivity index (χ4v) is 4.84. The van der Waals surface area contributed by atoms with Gasteiger partial charge in [0, 0.05) is 42.3 Å². The van der Waals surface area contributed by atoms with Gasteiger partial charge < -0.3 is 20.1 Å². The molecule has 2 aromatic carbocycles. The van der Waals surface area contributed by atoms with Gasteiger partial charge in [0.15, 0.2) is 0 Å². The molecular weight excluding hydrogens is 404 g/mol. The van der Waals surface area contributed by atoms with Crippen LogP contribution in [0.5, 0.6) is 0 Å². The van der Waals surface area contributed by atoms with Crippen molar-refractivity contribution in [2.45, 2.75) is 44.9 Å². The second-order valence-electron chi connectivity index (χ2n) is 8.53. The van der Waals surface area contributed by atoms with Crippen LogP contribution in [0.3, 0.4) is 0 Å². The quantitative estimate of drug-likeness (QED) is 0.653. The second kappa shape index (κ2) is 8.15. The molecule has 0 bridgehead atoms. The molecule has 3 amide bonds. The number of para-hydroxylation sites is 1. The summed E-state index contributed by atoms with van der Waals surface area (Å²) in [6.45, 7) is 3.11. The Balaban J connectivity index is 1.25. The highest BCUT2D eigenvalue weighted by Crippen LogP contribution is 2.27. The number of nitrogens with one attached hydrogen (secondary N) is 2. The smallest absolute Gasteiger partial charge is 0.255 e. The van der Waals surface area contributed by atoms with Gasteiger partial charge in [0.2, 0.25) is 11.8 Å². The number of nitrogens with zero attached hydrogens (tertiary/aromatic N) is 2. The first-order valence-corrected chi connectivity index (χ1v) is 11.1. The Hall–Kier alpha value is -3.61. The number of carbonyl (C=O) groups is 3. The van der Waals surface area contributed by atoms with Crippen molar-refractivity contribution in [3.05, 3.63) is 71.4 Å². The van der Waals surface area contributed by atoms with E-state index in [0.717, 1.165) is 28.5 Å². The number of aromatic nitrogens is 1. The number of carbonyl (C=O) groups excluding carboxylic acids is 3. The zero-order chi connectivity index (χ0) is 22.2. The van der Waals surface area contributed by atoms with Gasteiger partial charge in [0.25, 0.3) is 5.91 Å². The van der Waals surface area contributed by atoms with Crippen molar-refractivity contribution in [1.29, 1.82) is 0 Å². The topological polar surface area (TPSA) is 85.5 Å². The normalized spacial score (nSPS) is 18.8. The minimum absolute atomic E-state index is 0.124. The van der Waals surface area contributed by atoms with Gasteiger partial charge in [-0.1, -0.05) is 36.4 Å². The van der Waals surface area contributed by atoms with Crippen molar-refractivity contribution in [1.82, 2.24) is 20.1 Å². The molecule has 32 heavy (non-hydrogen) atoms. The highest BCUT2D eigenvalue weighted by atomic mass is 16.2. The van der Waals surface area contributed by atoms with Crippen LogP contribution in [0, 0.1) is 0 Å². The van der Waals surface area contributed by atoms with Gasteiger partial charge in [-0.05, 0) is 43.0 Å². The molecule has 3 aromatic rings. The van der Waals surface area contributed by atoms with Crippen molar-refractivity contribution < 1.29 is 14.4 Å². The van der Waals surface area contributed by atoms with Crippen LogP contribution in [0.25, 0.3) is 10.9 Å². The Labute approximate surface area is 186 Å². The molecule has 2 aliphatic heterocycles. The third-order valence-corrected chi connectivity index (χ3v) is 6.64. The number of hydrogen-bond acceptors (Lipinski definition) is 3. The van der Waals surface area contributed by atoms with E-state index in [1.165, 1.54) is 0 Å². The number of likely N-dealkylation sites (tertiary alicyclic amines) is 1. The Bertz CT molecular complexity index is 1200. The Morgan fingerprint density at radius 1 is 1.16 bits per heavy atom. The van der Waals surface area contributed by atoms with Crippen LogP contribution >= 0.6 is 0 Å². The standard InChI is InChI=1S/C25H26N4O3/c1-16(29-15-17-7-2-3-9-20(17)25(29)32)24(31)28-12-6-11-22(28)23(30)27-14-18-13-26-21-10-5-4-8-19(18)21/h2-5,7-10,13,16,22,26H,6,11-12,14-15H2,1H3,(H,27,30)/t16-,22-/m0/s1. The third-order valence-electron chi connectivity index (χ3n) is 6.64. The van der Waals surface area contributed by atoms with Gasteiger partial charge in [0.1, 0.15) is 12.1 Å². The van der Waals surface area contributed by atoms with Gasteiger partial charge in [-0.2, -0.15) is 0 Å². The fraction of sp³-hybridized carbons (Fsp3) is 0.320. The lowest BCUT2D eigenvalue weighted by molar-refractivity contribution is -0.141. The van der Waals surface area contributed by atoms with Crippen molar-refractivity contribution in [2.75, 3.05) is 6.54 Å². The van der Waals surface area contributed by atoms with Crippen molar-refractivity contribution in [3.63, 3.8) is 0 Å². The van der Waals surface area contributed by atoms with E-state index in [1.54, 1.807) is 22.8 Å². The summed E-state index contributed by atoms with van der Waals surface area (Å²) in [5.74, 6) is -0.443. The van der Waals surface area contributed by atoms with E-state index < -0.39 is 12.1 Å². The summed E-state index contributed by atoms with van der Waals surface area (Å²) in [4.78, 5) is 45.5. The van der Waals surface area contributed by atoms with Gasteiger partial charge >= 0.3 is 0 Å². The van der Waals surface area contributed by atoms with Gasteiger partial charge in [-0.3, -0.25) is 14.4 Å². The first kappa shape index (κ1) is 20.3. The lowest BCUT2D eigenvalue weighted by atomic mass is 10.1. The molecule has 2 aliphatic rings. The summed E-state index contributed by atoms with van der Waals surface area (Å²) in [6.07, 6.45) is 3.31. The zero-order valence-corrected chi connectivity index (χ0v) is 18.0.